The van der Waals surface area contributed by atoms with Crippen LogP contribution in [0.25, 0.3) is 0 Å². The lowest BCUT2D eigenvalue weighted by Crippen LogP contribution is -2.34. The van der Waals surface area contributed by atoms with Crippen molar-refractivity contribution in [1.82, 2.24) is 5.32 Å². The zero-order valence-electron chi connectivity index (χ0n) is 16.7. The van der Waals surface area contributed by atoms with E-state index in [9.17, 15) is 14.6 Å². The Bertz CT molecular complexity index is 717. The summed E-state index contributed by atoms with van der Waals surface area (Å²) in [5, 5.41) is 24.7. The maximum atomic E-state index is 13.6. The highest BCUT2D eigenvalue weighted by atomic mass is 19.1. The molecule has 26 heavy (non-hydrogen) atoms. The van der Waals surface area contributed by atoms with Crippen LogP contribution < -0.4 is 5.32 Å². The fourth-order valence-corrected chi connectivity index (χ4v) is 3.92. The van der Waals surface area contributed by atoms with Gasteiger partial charge >= 0.3 is 0 Å². The molecule has 0 spiro atoms. The number of allylic oxidation sites excluding steroid dienone is 3. The van der Waals surface area contributed by atoms with Gasteiger partial charge in [-0.1, -0.05) is 47.1 Å². The van der Waals surface area contributed by atoms with E-state index >= 15 is 0 Å². The van der Waals surface area contributed by atoms with Gasteiger partial charge in [0.05, 0.1) is 6.10 Å². The fraction of sp³-hybridized carbons (Fsp3) is 0.545. The average Bonchev–Trinajstić information content (AvgIpc) is 2.54. The molecule has 144 valence electrons. The molecule has 3 nitrogen and oxygen atoms in total. The molecule has 0 radical (unpaired) electrons. The van der Waals surface area contributed by atoms with Crippen LogP contribution in [0.15, 0.2) is 40.7 Å². The zero-order valence-corrected chi connectivity index (χ0v) is 16.7. The molecule has 2 atom stereocenters. The van der Waals surface area contributed by atoms with Crippen LogP contribution in [-0.2, 0) is 0 Å². The molecular formula is C22H32FNO2. The summed E-state index contributed by atoms with van der Waals surface area (Å²) in [6.45, 7) is 12.4. The Labute approximate surface area is 156 Å². The quantitative estimate of drug-likeness (QED) is 0.651. The molecule has 0 amide bonds. The van der Waals surface area contributed by atoms with E-state index < -0.39 is 11.9 Å². The van der Waals surface area contributed by atoms with Crippen molar-refractivity contribution in [2.75, 3.05) is 0 Å². The highest BCUT2D eigenvalue weighted by Crippen LogP contribution is 2.46. The summed E-state index contributed by atoms with van der Waals surface area (Å²) in [6, 6.07) is 4.18. The topological polar surface area (TPSA) is 52.5 Å². The van der Waals surface area contributed by atoms with Crippen molar-refractivity contribution in [3.63, 3.8) is 0 Å². The predicted octanol–water partition coefficient (Wildman–Crippen LogP) is 5.22. The molecule has 3 N–H and O–H groups in total. The Balaban J connectivity index is 2.79. The number of aliphatic hydroxyl groups is 1. The number of phenolic OH excluding ortho intramolecular Hbond substituents is 1. The number of aromatic hydroxyl groups is 1. The summed E-state index contributed by atoms with van der Waals surface area (Å²) in [5.41, 5.74) is 4.84. The summed E-state index contributed by atoms with van der Waals surface area (Å²) in [4.78, 5) is 0. The molecule has 0 fully saturated rings. The van der Waals surface area contributed by atoms with E-state index in [4.69, 9.17) is 0 Å². The third kappa shape index (κ3) is 3.96. The first-order chi connectivity index (χ1) is 12.2. The van der Waals surface area contributed by atoms with Gasteiger partial charge in [-0.25, -0.2) is 4.39 Å². The van der Waals surface area contributed by atoms with Crippen molar-refractivity contribution < 1.29 is 14.6 Å². The molecule has 1 aliphatic heterocycles. The molecule has 0 bridgehead atoms. The first-order valence-electron chi connectivity index (χ1n) is 9.59. The minimum absolute atomic E-state index is 0.0603. The van der Waals surface area contributed by atoms with E-state index in [-0.39, 0.29) is 23.5 Å². The van der Waals surface area contributed by atoms with Gasteiger partial charge in [0, 0.05) is 28.9 Å². The Kier molecular flexibility index (Phi) is 6.51. The third-order valence-electron chi connectivity index (χ3n) is 5.01. The second-order valence-corrected chi connectivity index (χ2v) is 7.80. The van der Waals surface area contributed by atoms with Crippen molar-refractivity contribution in [3.05, 3.63) is 52.1 Å². The van der Waals surface area contributed by atoms with Gasteiger partial charge in [-0.15, -0.1) is 0 Å². The van der Waals surface area contributed by atoms with Crippen LogP contribution in [0.1, 0.15) is 65.9 Å². The number of hydrogen-bond donors (Lipinski definition) is 3. The van der Waals surface area contributed by atoms with E-state index in [1.807, 2.05) is 0 Å². The standard InChI is InChI=1S/C22H32FNO2/c1-7-8-17-20(16-10-9-15(23)11-18(16)26)19(14(6)25)22(13(4)5)24-21(17)12(2)3/h9-14,20,24-26H,7-8H2,1-6H3/t14-,20+/m1/s1. The van der Waals surface area contributed by atoms with Crippen LogP contribution in [0.3, 0.4) is 0 Å². The van der Waals surface area contributed by atoms with Gasteiger partial charge in [0.25, 0.3) is 0 Å². The summed E-state index contributed by atoms with van der Waals surface area (Å²) in [6.07, 6.45) is 1.13. The number of benzene rings is 1. The van der Waals surface area contributed by atoms with Gasteiger partial charge in [0.15, 0.2) is 0 Å². The normalized spacial score (nSPS) is 19.4. The number of aliphatic hydroxyl groups excluding tert-OH is 1. The van der Waals surface area contributed by atoms with Crippen LogP contribution >= 0.6 is 0 Å². The molecule has 4 heteroatoms. The number of dihydropyridines is 1. The molecule has 1 aliphatic rings. The van der Waals surface area contributed by atoms with Crippen molar-refractivity contribution in [2.45, 2.75) is 66.4 Å². The van der Waals surface area contributed by atoms with E-state index in [0.717, 1.165) is 35.9 Å². The van der Waals surface area contributed by atoms with Gasteiger partial charge in [-0.05, 0) is 42.4 Å². The van der Waals surface area contributed by atoms with Crippen molar-refractivity contribution in [3.8, 4) is 5.75 Å². The van der Waals surface area contributed by atoms with Crippen LogP contribution in [0.4, 0.5) is 4.39 Å². The number of hydrogen-bond acceptors (Lipinski definition) is 3. The van der Waals surface area contributed by atoms with Crippen LogP contribution in [0.2, 0.25) is 0 Å². The molecule has 0 aliphatic carbocycles. The number of rotatable bonds is 6. The number of halogens is 1. The van der Waals surface area contributed by atoms with Crippen molar-refractivity contribution in [2.24, 2.45) is 11.8 Å². The lowest BCUT2D eigenvalue weighted by atomic mass is 9.74. The smallest absolute Gasteiger partial charge is 0.126 e. The molecule has 1 aromatic carbocycles. The lowest BCUT2D eigenvalue weighted by Gasteiger charge is -2.39. The van der Waals surface area contributed by atoms with E-state index in [2.05, 4.69) is 39.9 Å². The molecule has 1 aromatic rings. The fourth-order valence-electron chi connectivity index (χ4n) is 3.92. The zero-order chi connectivity index (χ0) is 19.6. The molecule has 0 saturated carbocycles. The van der Waals surface area contributed by atoms with Gasteiger partial charge in [-0.2, -0.15) is 0 Å². The van der Waals surface area contributed by atoms with Gasteiger partial charge in [0.2, 0.25) is 0 Å². The number of nitrogens with one attached hydrogen (secondary N) is 1. The van der Waals surface area contributed by atoms with E-state index in [1.165, 1.54) is 11.6 Å². The molecular weight excluding hydrogens is 329 g/mol. The first kappa shape index (κ1) is 20.5. The first-order valence-corrected chi connectivity index (χ1v) is 9.59. The van der Waals surface area contributed by atoms with Crippen LogP contribution in [0, 0.1) is 17.7 Å². The van der Waals surface area contributed by atoms with Crippen LogP contribution in [-0.4, -0.2) is 16.3 Å². The summed E-state index contributed by atoms with van der Waals surface area (Å²) < 4.78 is 13.6. The van der Waals surface area contributed by atoms with E-state index in [0.29, 0.717) is 5.56 Å². The lowest BCUT2D eigenvalue weighted by molar-refractivity contribution is 0.219. The van der Waals surface area contributed by atoms with E-state index in [1.54, 1.807) is 13.0 Å². The van der Waals surface area contributed by atoms with Crippen molar-refractivity contribution >= 4 is 0 Å². The van der Waals surface area contributed by atoms with Gasteiger partial charge in [-0.3, -0.25) is 0 Å². The second-order valence-electron chi connectivity index (χ2n) is 7.80. The van der Waals surface area contributed by atoms with Crippen LogP contribution in [0.5, 0.6) is 5.75 Å². The number of phenols is 1. The van der Waals surface area contributed by atoms with Gasteiger partial charge < -0.3 is 15.5 Å². The summed E-state index contributed by atoms with van der Waals surface area (Å²) in [5.74, 6) is -0.286. The third-order valence-corrected chi connectivity index (χ3v) is 5.01. The van der Waals surface area contributed by atoms with Crippen molar-refractivity contribution in [1.29, 1.82) is 0 Å². The Morgan fingerprint density at radius 1 is 1.08 bits per heavy atom. The second kappa shape index (κ2) is 8.26. The molecule has 2 rings (SSSR count). The minimum atomic E-state index is -0.671. The Morgan fingerprint density at radius 2 is 1.69 bits per heavy atom. The predicted molar refractivity (Wildman–Crippen MR) is 104 cm³/mol. The SMILES string of the molecule is CCCC1=C(C(C)C)NC(C(C)C)=C([C@@H](C)O)[C@H]1c1ccc(F)cc1O. The minimum Gasteiger partial charge on any atom is -0.508 e. The molecule has 0 unspecified atom stereocenters. The maximum Gasteiger partial charge on any atom is 0.126 e. The summed E-state index contributed by atoms with van der Waals surface area (Å²) >= 11 is 0. The summed E-state index contributed by atoms with van der Waals surface area (Å²) in [7, 11) is 0. The monoisotopic (exact) mass is 361 g/mol. The highest BCUT2D eigenvalue weighted by molar-refractivity contribution is 5.52. The molecule has 1 heterocycles. The largest absolute Gasteiger partial charge is 0.508 e. The maximum absolute atomic E-state index is 13.6. The average molecular weight is 362 g/mol. The van der Waals surface area contributed by atoms with Gasteiger partial charge in [0.1, 0.15) is 11.6 Å². The highest BCUT2D eigenvalue weighted by Gasteiger charge is 2.35. The molecule has 0 aromatic heterocycles. The Morgan fingerprint density at radius 3 is 2.15 bits per heavy atom. The Hall–Kier alpha value is -1.81. The molecule has 0 saturated heterocycles.